The minimum atomic E-state index is -0.140. The minimum Gasteiger partial charge on any atom is -0.502 e. The predicted octanol–water partition coefficient (Wildman–Crippen LogP) is 3.73. The monoisotopic (exact) mass is 366 g/mol. The van der Waals surface area contributed by atoms with Crippen LogP contribution >= 0.6 is 27.5 Å². The topological polar surface area (TPSA) is 73.8 Å². The van der Waals surface area contributed by atoms with Crippen molar-refractivity contribution in [2.24, 2.45) is 0 Å². The van der Waals surface area contributed by atoms with Crippen LogP contribution in [-0.2, 0) is 6.42 Å². The second-order valence-corrected chi connectivity index (χ2v) is 5.58. The largest absolute Gasteiger partial charge is 0.502 e. The molecule has 0 bridgehead atoms. The van der Waals surface area contributed by atoms with E-state index in [4.69, 9.17) is 11.6 Å². The number of nitrogens with zero attached hydrogens (tertiary/aromatic N) is 2. The van der Waals surface area contributed by atoms with Gasteiger partial charge in [0.25, 0.3) is 0 Å². The molecule has 0 unspecified atom stereocenters. The van der Waals surface area contributed by atoms with Crippen LogP contribution in [0, 0.1) is 0 Å². The number of hydrogen-bond acceptors (Lipinski definition) is 4. The van der Waals surface area contributed by atoms with Gasteiger partial charge in [-0.25, -0.2) is 9.97 Å². The average molecular weight is 368 g/mol. The van der Waals surface area contributed by atoms with Crippen LogP contribution in [0.25, 0.3) is 10.9 Å². The van der Waals surface area contributed by atoms with E-state index in [2.05, 4.69) is 42.3 Å². The van der Waals surface area contributed by atoms with Gasteiger partial charge in [0.15, 0.2) is 21.5 Å². The van der Waals surface area contributed by atoms with E-state index in [1.807, 2.05) is 24.4 Å². The molecule has 0 fully saturated rings. The van der Waals surface area contributed by atoms with E-state index in [1.165, 1.54) is 10.9 Å². The van der Waals surface area contributed by atoms with Gasteiger partial charge in [0, 0.05) is 23.6 Å². The third kappa shape index (κ3) is 2.96. The van der Waals surface area contributed by atoms with E-state index in [1.54, 1.807) is 0 Å². The number of benzene rings is 1. The molecule has 108 valence electrons. The molecule has 0 saturated carbocycles. The van der Waals surface area contributed by atoms with Gasteiger partial charge in [0.05, 0.1) is 0 Å². The van der Waals surface area contributed by atoms with Crippen LogP contribution in [0.15, 0.2) is 35.2 Å². The summed E-state index contributed by atoms with van der Waals surface area (Å²) in [5, 5.41) is 14.1. The molecule has 0 aliphatic rings. The minimum absolute atomic E-state index is 0.0199. The molecule has 3 N–H and O–H groups in total. The van der Waals surface area contributed by atoms with Crippen LogP contribution in [0.3, 0.4) is 0 Å². The van der Waals surface area contributed by atoms with Gasteiger partial charge in [-0.05, 0) is 34.0 Å². The molecular formula is C14H12BrClN4O. The molecule has 0 atom stereocenters. The number of rotatable bonds is 4. The molecule has 21 heavy (non-hydrogen) atoms. The summed E-state index contributed by atoms with van der Waals surface area (Å²) in [4.78, 5) is 11.1. The summed E-state index contributed by atoms with van der Waals surface area (Å²) in [6.07, 6.45) is 2.79. The zero-order chi connectivity index (χ0) is 14.8. The lowest BCUT2D eigenvalue weighted by Crippen LogP contribution is -2.07. The highest BCUT2D eigenvalue weighted by Crippen LogP contribution is 2.29. The first kappa shape index (κ1) is 14.2. The summed E-state index contributed by atoms with van der Waals surface area (Å²) in [5.74, 6) is 0.181. The quantitative estimate of drug-likeness (QED) is 0.485. The van der Waals surface area contributed by atoms with Gasteiger partial charge in [-0.3, -0.25) is 0 Å². The number of H-pyrrole nitrogens is 1. The fraction of sp³-hybridized carbons (Fsp3) is 0.143. The summed E-state index contributed by atoms with van der Waals surface area (Å²) in [6, 6.07) is 8.13. The van der Waals surface area contributed by atoms with Crippen LogP contribution in [-0.4, -0.2) is 26.6 Å². The second kappa shape index (κ2) is 5.91. The Morgan fingerprint density at radius 2 is 2.10 bits per heavy atom. The molecule has 0 saturated heterocycles. The van der Waals surface area contributed by atoms with E-state index < -0.39 is 0 Å². The molecule has 2 heterocycles. The molecular weight excluding hydrogens is 356 g/mol. The van der Waals surface area contributed by atoms with Crippen molar-refractivity contribution in [1.82, 2.24) is 15.0 Å². The summed E-state index contributed by atoms with van der Waals surface area (Å²) < 4.78 is 0.333. The van der Waals surface area contributed by atoms with Gasteiger partial charge < -0.3 is 15.4 Å². The smallest absolute Gasteiger partial charge is 0.200 e. The van der Waals surface area contributed by atoms with Crippen LogP contribution in [0.1, 0.15) is 5.56 Å². The number of para-hydroxylation sites is 1. The first-order valence-corrected chi connectivity index (χ1v) is 7.53. The zero-order valence-electron chi connectivity index (χ0n) is 10.9. The summed E-state index contributed by atoms with van der Waals surface area (Å²) in [5.41, 5.74) is 2.32. The summed E-state index contributed by atoms with van der Waals surface area (Å²) in [6.45, 7) is 0.620. The van der Waals surface area contributed by atoms with Crippen LogP contribution in [0.5, 0.6) is 5.75 Å². The number of halogens is 2. The predicted molar refractivity (Wildman–Crippen MR) is 86.9 cm³/mol. The van der Waals surface area contributed by atoms with E-state index >= 15 is 0 Å². The fourth-order valence-electron chi connectivity index (χ4n) is 2.18. The van der Waals surface area contributed by atoms with Crippen LogP contribution in [0.2, 0.25) is 5.15 Å². The molecule has 3 aromatic rings. The van der Waals surface area contributed by atoms with Crippen LogP contribution in [0.4, 0.5) is 5.82 Å². The van der Waals surface area contributed by atoms with Crippen molar-refractivity contribution in [1.29, 1.82) is 0 Å². The van der Waals surface area contributed by atoms with E-state index in [9.17, 15) is 5.11 Å². The Bertz CT molecular complexity index is 790. The first-order valence-electron chi connectivity index (χ1n) is 6.36. The van der Waals surface area contributed by atoms with Crippen LogP contribution < -0.4 is 5.32 Å². The lowest BCUT2D eigenvalue weighted by molar-refractivity contribution is 0.471. The molecule has 7 heteroatoms. The third-order valence-electron chi connectivity index (χ3n) is 3.18. The second-order valence-electron chi connectivity index (χ2n) is 4.52. The van der Waals surface area contributed by atoms with Gasteiger partial charge in [0.2, 0.25) is 0 Å². The molecule has 1 aromatic carbocycles. The molecule has 0 aliphatic carbocycles. The number of anilines is 1. The van der Waals surface area contributed by atoms with Gasteiger partial charge in [-0.15, -0.1) is 0 Å². The highest BCUT2D eigenvalue weighted by Gasteiger charge is 2.10. The standard InChI is InChI=1S/C14H12BrClN4O/c15-14-19-12(16)11(21)13(20-14)17-6-5-8-7-18-10-4-2-1-3-9(8)10/h1-4,7,18,21H,5-6H2,(H,17,19,20). The first-order chi connectivity index (χ1) is 10.1. The van der Waals surface area contributed by atoms with Crippen molar-refractivity contribution in [3.63, 3.8) is 0 Å². The molecule has 0 amide bonds. The Balaban J connectivity index is 1.72. The molecule has 5 nitrogen and oxygen atoms in total. The third-order valence-corrected chi connectivity index (χ3v) is 3.79. The Morgan fingerprint density at radius 3 is 2.95 bits per heavy atom. The number of aromatic amines is 1. The SMILES string of the molecule is Oc1c(Cl)nc(Br)nc1NCCc1c[nH]c2ccccc12. The maximum Gasteiger partial charge on any atom is 0.200 e. The van der Waals surface area contributed by atoms with Crippen molar-refractivity contribution in [2.45, 2.75) is 6.42 Å². The maximum absolute atomic E-state index is 9.80. The highest BCUT2D eigenvalue weighted by atomic mass is 79.9. The number of fused-ring (bicyclic) bond motifs is 1. The Kier molecular flexibility index (Phi) is 3.98. The number of nitrogens with one attached hydrogen (secondary N) is 2. The zero-order valence-corrected chi connectivity index (χ0v) is 13.2. The number of aromatic hydroxyl groups is 1. The van der Waals surface area contributed by atoms with Gasteiger partial charge in [0.1, 0.15) is 0 Å². The van der Waals surface area contributed by atoms with Crippen molar-refractivity contribution >= 4 is 44.3 Å². The molecule has 2 aromatic heterocycles. The normalized spacial score (nSPS) is 11.0. The van der Waals surface area contributed by atoms with Crippen molar-refractivity contribution in [3.8, 4) is 5.75 Å². The Labute approximate surface area is 134 Å². The lowest BCUT2D eigenvalue weighted by atomic mass is 10.1. The summed E-state index contributed by atoms with van der Waals surface area (Å²) in [7, 11) is 0. The summed E-state index contributed by atoms with van der Waals surface area (Å²) >= 11 is 8.95. The molecule has 0 spiro atoms. The van der Waals surface area contributed by atoms with Crippen molar-refractivity contribution in [3.05, 3.63) is 45.9 Å². The van der Waals surface area contributed by atoms with E-state index in [0.29, 0.717) is 17.1 Å². The molecule has 0 aliphatic heterocycles. The molecule has 0 radical (unpaired) electrons. The molecule has 3 rings (SSSR count). The highest BCUT2D eigenvalue weighted by molar-refractivity contribution is 9.10. The lowest BCUT2D eigenvalue weighted by Gasteiger charge is -2.08. The number of hydrogen-bond donors (Lipinski definition) is 3. The van der Waals surface area contributed by atoms with Crippen molar-refractivity contribution < 1.29 is 5.11 Å². The maximum atomic E-state index is 9.80. The van der Waals surface area contributed by atoms with E-state index in [0.717, 1.165) is 11.9 Å². The van der Waals surface area contributed by atoms with Gasteiger partial charge in [-0.1, -0.05) is 29.8 Å². The number of aromatic nitrogens is 3. The fourth-order valence-corrected chi connectivity index (χ4v) is 2.81. The van der Waals surface area contributed by atoms with Gasteiger partial charge in [-0.2, -0.15) is 0 Å². The van der Waals surface area contributed by atoms with Gasteiger partial charge >= 0.3 is 0 Å². The Morgan fingerprint density at radius 1 is 1.29 bits per heavy atom. The van der Waals surface area contributed by atoms with E-state index in [-0.39, 0.29) is 10.9 Å². The Hall–Kier alpha value is -1.79. The average Bonchev–Trinajstić information content (AvgIpc) is 2.87. The van der Waals surface area contributed by atoms with Crippen molar-refractivity contribution in [2.75, 3.05) is 11.9 Å².